The van der Waals surface area contributed by atoms with E-state index in [1.54, 1.807) is 18.2 Å². The van der Waals surface area contributed by atoms with E-state index < -0.39 is 0 Å². The van der Waals surface area contributed by atoms with Gasteiger partial charge in [-0.05, 0) is 61.3 Å². The van der Waals surface area contributed by atoms with Gasteiger partial charge in [-0.15, -0.1) is 0 Å². The van der Waals surface area contributed by atoms with Crippen LogP contribution in [0.25, 0.3) is 0 Å². The minimum absolute atomic E-state index is 0.198. The fraction of sp³-hybridized carbons (Fsp3) is 0.259. The molecule has 2 N–H and O–H groups in total. The molecule has 3 aromatic carbocycles. The molecule has 33 heavy (non-hydrogen) atoms. The number of carbonyl (C=O) groups is 1. The Balaban J connectivity index is 1.54. The Morgan fingerprint density at radius 1 is 0.818 bits per heavy atom. The summed E-state index contributed by atoms with van der Waals surface area (Å²) in [7, 11) is 0. The summed E-state index contributed by atoms with van der Waals surface area (Å²) in [6.45, 7) is 3.24. The van der Waals surface area contributed by atoms with Crippen LogP contribution < -0.4 is 20.1 Å². The first kappa shape index (κ1) is 24.3. The standard InChI is InChI=1S/C27H30N2O3S/c1-2-3-19-31-24-17-9-7-15-22(24)26(30)29-27(33)28-23-16-8-10-18-25(23)32-20-11-14-21-12-5-4-6-13-21/h4-10,12-13,15-18H,2-3,11,14,19-20H2,1H3,(H2,28,29,30,33). The minimum Gasteiger partial charge on any atom is -0.493 e. The fourth-order valence-corrected chi connectivity index (χ4v) is 3.43. The van der Waals surface area contributed by atoms with Crippen LogP contribution in [0.3, 0.4) is 0 Å². The van der Waals surface area contributed by atoms with Crippen LogP contribution in [0.5, 0.6) is 11.5 Å². The van der Waals surface area contributed by atoms with Crippen molar-refractivity contribution in [1.29, 1.82) is 0 Å². The van der Waals surface area contributed by atoms with Crippen molar-refractivity contribution in [2.24, 2.45) is 0 Å². The van der Waals surface area contributed by atoms with Crippen LogP contribution in [0, 0.1) is 0 Å². The van der Waals surface area contributed by atoms with Gasteiger partial charge in [-0.2, -0.15) is 0 Å². The molecule has 3 rings (SSSR count). The highest BCUT2D eigenvalue weighted by molar-refractivity contribution is 7.80. The van der Waals surface area contributed by atoms with Crippen molar-refractivity contribution in [1.82, 2.24) is 5.32 Å². The molecule has 0 spiro atoms. The second-order valence-electron chi connectivity index (χ2n) is 7.54. The van der Waals surface area contributed by atoms with Gasteiger partial charge in [0.25, 0.3) is 5.91 Å². The molecule has 0 saturated carbocycles. The zero-order valence-electron chi connectivity index (χ0n) is 18.9. The van der Waals surface area contributed by atoms with E-state index >= 15 is 0 Å². The highest BCUT2D eigenvalue weighted by Crippen LogP contribution is 2.24. The first-order chi connectivity index (χ1) is 16.2. The van der Waals surface area contributed by atoms with Crippen molar-refractivity contribution in [3.05, 3.63) is 90.0 Å². The first-order valence-corrected chi connectivity index (χ1v) is 11.7. The van der Waals surface area contributed by atoms with Gasteiger partial charge in [0.2, 0.25) is 0 Å². The third-order valence-electron chi connectivity index (χ3n) is 4.96. The number of hydrogen-bond acceptors (Lipinski definition) is 4. The molecule has 172 valence electrons. The number of carbonyl (C=O) groups excluding carboxylic acids is 1. The summed E-state index contributed by atoms with van der Waals surface area (Å²) in [5.74, 6) is 0.916. The van der Waals surface area contributed by atoms with E-state index in [-0.39, 0.29) is 11.0 Å². The van der Waals surface area contributed by atoms with Crippen molar-refractivity contribution in [3.63, 3.8) is 0 Å². The van der Waals surface area contributed by atoms with Gasteiger partial charge in [0.1, 0.15) is 11.5 Å². The SMILES string of the molecule is CCCCOc1ccccc1C(=O)NC(=S)Nc1ccccc1OCCCc1ccccc1. The maximum atomic E-state index is 12.8. The van der Waals surface area contributed by atoms with Gasteiger partial charge >= 0.3 is 0 Å². The van der Waals surface area contributed by atoms with E-state index in [9.17, 15) is 4.79 Å². The van der Waals surface area contributed by atoms with E-state index in [4.69, 9.17) is 21.7 Å². The predicted octanol–water partition coefficient (Wildman–Crippen LogP) is 6.00. The second kappa shape index (κ2) is 13.2. The summed E-state index contributed by atoms with van der Waals surface area (Å²) in [5.41, 5.74) is 2.44. The zero-order valence-corrected chi connectivity index (χ0v) is 19.7. The maximum Gasteiger partial charge on any atom is 0.261 e. The van der Waals surface area contributed by atoms with Crippen LogP contribution >= 0.6 is 12.2 Å². The highest BCUT2D eigenvalue weighted by atomic mass is 32.1. The number of unbranched alkanes of at least 4 members (excludes halogenated alkanes) is 1. The monoisotopic (exact) mass is 462 g/mol. The smallest absolute Gasteiger partial charge is 0.261 e. The Morgan fingerprint density at radius 3 is 2.24 bits per heavy atom. The Labute approximate surface area is 201 Å². The molecule has 0 radical (unpaired) electrons. The summed E-state index contributed by atoms with van der Waals surface area (Å²) in [4.78, 5) is 12.8. The Morgan fingerprint density at radius 2 is 1.45 bits per heavy atom. The number of hydrogen-bond donors (Lipinski definition) is 2. The van der Waals surface area contributed by atoms with Gasteiger partial charge in [0.05, 0.1) is 24.5 Å². The number of rotatable bonds is 11. The maximum absolute atomic E-state index is 12.8. The molecule has 3 aromatic rings. The summed E-state index contributed by atoms with van der Waals surface area (Å²) in [5, 5.41) is 6.01. The molecule has 0 fully saturated rings. The lowest BCUT2D eigenvalue weighted by atomic mass is 10.1. The van der Waals surface area contributed by atoms with Crippen LogP contribution in [0.4, 0.5) is 5.69 Å². The average Bonchev–Trinajstić information content (AvgIpc) is 2.84. The largest absolute Gasteiger partial charge is 0.493 e. The first-order valence-electron chi connectivity index (χ1n) is 11.3. The van der Waals surface area contributed by atoms with E-state index in [1.165, 1.54) is 5.56 Å². The third-order valence-corrected chi connectivity index (χ3v) is 5.16. The molecular weight excluding hydrogens is 432 g/mol. The van der Waals surface area contributed by atoms with Crippen molar-refractivity contribution in [2.75, 3.05) is 18.5 Å². The molecule has 6 heteroatoms. The van der Waals surface area contributed by atoms with Crippen LogP contribution in [-0.2, 0) is 6.42 Å². The van der Waals surface area contributed by atoms with Crippen molar-refractivity contribution >= 4 is 28.9 Å². The molecule has 0 aliphatic rings. The van der Waals surface area contributed by atoms with Crippen molar-refractivity contribution < 1.29 is 14.3 Å². The Hall–Kier alpha value is -3.38. The lowest BCUT2D eigenvalue weighted by Crippen LogP contribution is -2.34. The Kier molecular flexibility index (Phi) is 9.73. The lowest BCUT2D eigenvalue weighted by Gasteiger charge is -2.15. The van der Waals surface area contributed by atoms with Crippen LogP contribution in [-0.4, -0.2) is 24.2 Å². The molecule has 5 nitrogen and oxygen atoms in total. The molecule has 0 heterocycles. The lowest BCUT2D eigenvalue weighted by molar-refractivity contribution is 0.0973. The van der Waals surface area contributed by atoms with Crippen molar-refractivity contribution in [2.45, 2.75) is 32.6 Å². The van der Waals surface area contributed by atoms with E-state index in [2.05, 4.69) is 29.7 Å². The van der Waals surface area contributed by atoms with Crippen LogP contribution in [0.2, 0.25) is 0 Å². The van der Waals surface area contributed by atoms with Crippen LogP contribution in [0.1, 0.15) is 42.1 Å². The predicted molar refractivity (Wildman–Crippen MR) is 137 cm³/mol. The highest BCUT2D eigenvalue weighted by Gasteiger charge is 2.14. The van der Waals surface area contributed by atoms with Gasteiger partial charge in [-0.25, -0.2) is 0 Å². The molecule has 0 bridgehead atoms. The zero-order chi connectivity index (χ0) is 23.3. The third kappa shape index (κ3) is 7.91. The summed E-state index contributed by atoms with van der Waals surface area (Å²) in [6, 6.07) is 25.0. The van der Waals surface area contributed by atoms with Gasteiger partial charge in [0.15, 0.2) is 5.11 Å². The average molecular weight is 463 g/mol. The summed E-state index contributed by atoms with van der Waals surface area (Å²) >= 11 is 5.38. The minimum atomic E-state index is -0.319. The Bertz CT molecular complexity index is 1040. The molecule has 0 atom stereocenters. The number of thiocarbonyl (C=S) groups is 1. The van der Waals surface area contributed by atoms with Gasteiger partial charge in [0, 0.05) is 0 Å². The molecule has 0 unspecified atom stereocenters. The second-order valence-corrected chi connectivity index (χ2v) is 7.95. The number of para-hydroxylation sites is 3. The number of amides is 1. The number of ether oxygens (including phenoxy) is 2. The van der Waals surface area contributed by atoms with Crippen molar-refractivity contribution in [3.8, 4) is 11.5 Å². The molecule has 1 amide bonds. The van der Waals surface area contributed by atoms with E-state index in [0.29, 0.717) is 36.0 Å². The molecular formula is C27H30N2O3S. The molecule has 0 aliphatic heterocycles. The molecule has 0 aliphatic carbocycles. The van der Waals surface area contributed by atoms with E-state index in [1.807, 2.05) is 48.5 Å². The number of nitrogens with one attached hydrogen (secondary N) is 2. The topological polar surface area (TPSA) is 59.6 Å². The normalized spacial score (nSPS) is 10.3. The quantitative estimate of drug-likeness (QED) is 0.270. The summed E-state index contributed by atoms with van der Waals surface area (Å²) < 4.78 is 11.7. The fourth-order valence-electron chi connectivity index (χ4n) is 3.23. The number of benzene rings is 3. The van der Waals surface area contributed by atoms with E-state index in [0.717, 1.165) is 25.7 Å². The molecule has 0 aromatic heterocycles. The van der Waals surface area contributed by atoms with Gasteiger partial charge in [-0.3, -0.25) is 10.1 Å². The number of anilines is 1. The van der Waals surface area contributed by atoms with Gasteiger partial charge < -0.3 is 14.8 Å². The summed E-state index contributed by atoms with van der Waals surface area (Å²) in [6.07, 6.45) is 3.80. The van der Waals surface area contributed by atoms with Gasteiger partial charge in [-0.1, -0.05) is 67.9 Å². The number of aryl methyl sites for hydroxylation is 1. The van der Waals surface area contributed by atoms with Crippen LogP contribution in [0.15, 0.2) is 78.9 Å². The molecule has 0 saturated heterocycles.